The summed E-state index contributed by atoms with van der Waals surface area (Å²) in [5.41, 5.74) is 3.65. The Labute approximate surface area is 162 Å². The van der Waals surface area contributed by atoms with Gasteiger partial charge in [-0.15, -0.1) is 0 Å². The predicted octanol–water partition coefficient (Wildman–Crippen LogP) is 7.31. The second-order valence-corrected chi connectivity index (χ2v) is 8.37. The molecule has 0 bridgehead atoms. The smallest absolute Gasteiger partial charge is 0.129 e. The molecule has 2 atom stereocenters. The molecule has 0 N–H and O–H groups in total. The van der Waals surface area contributed by atoms with Crippen molar-refractivity contribution in [3.05, 3.63) is 70.3 Å². The molecule has 2 aromatic rings. The highest BCUT2D eigenvalue weighted by atomic mass is 19.1. The van der Waals surface area contributed by atoms with Crippen LogP contribution in [0.15, 0.2) is 36.4 Å². The van der Waals surface area contributed by atoms with Crippen LogP contribution in [0, 0.1) is 29.4 Å². The van der Waals surface area contributed by atoms with E-state index >= 15 is 0 Å². The Bertz CT molecular complexity index is 779. The lowest BCUT2D eigenvalue weighted by atomic mass is 9.74. The highest BCUT2D eigenvalue weighted by molar-refractivity contribution is 5.71. The van der Waals surface area contributed by atoms with E-state index in [1.54, 1.807) is 0 Å². The van der Waals surface area contributed by atoms with E-state index in [2.05, 4.69) is 45.0 Å². The molecular weight excluding hydrogens is 338 g/mol. The molecule has 0 saturated heterocycles. The molecule has 1 aliphatic carbocycles. The molecule has 0 heterocycles. The number of aryl methyl sites for hydroxylation is 1. The topological polar surface area (TPSA) is 0 Å². The molecule has 0 radical (unpaired) electrons. The van der Waals surface area contributed by atoms with Crippen molar-refractivity contribution in [1.29, 1.82) is 0 Å². The summed E-state index contributed by atoms with van der Waals surface area (Å²) in [7, 11) is 0. The molecular formula is C25H30F2. The van der Waals surface area contributed by atoms with Crippen molar-refractivity contribution in [3.63, 3.8) is 0 Å². The van der Waals surface area contributed by atoms with Crippen LogP contribution in [-0.4, -0.2) is 0 Å². The van der Waals surface area contributed by atoms with Gasteiger partial charge in [-0.1, -0.05) is 57.2 Å². The molecule has 1 aliphatic rings. The van der Waals surface area contributed by atoms with Crippen LogP contribution in [0.25, 0.3) is 12.2 Å². The van der Waals surface area contributed by atoms with Crippen LogP contribution in [0.3, 0.4) is 0 Å². The summed E-state index contributed by atoms with van der Waals surface area (Å²) in [6.07, 6.45) is 9.01. The lowest BCUT2D eigenvalue weighted by molar-refractivity contribution is 0.217. The van der Waals surface area contributed by atoms with E-state index in [0.717, 1.165) is 30.9 Å². The van der Waals surface area contributed by atoms with Crippen LogP contribution in [0.2, 0.25) is 0 Å². The molecule has 1 saturated carbocycles. The average molecular weight is 369 g/mol. The molecule has 0 amide bonds. The minimum absolute atomic E-state index is 0.415. The van der Waals surface area contributed by atoms with E-state index in [1.807, 2.05) is 12.2 Å². The van der Waals surface area contributed by atoms with Gasteiger partial charge in [0.15, 0.2) is 0 Å². The van der Waals surface area contributed by atoms with Crippen molar-refractivity contribution < 1.29 is 8.78 Å². The molecule has 2 heteroatoms. The first-order chi connectivity index (χ1) is 12.9. The van der Waals surface area contributed by atoms with Gasteiger partial charge in [0.2, 0.25) is 0 Å². The van der Waals surface area contributed by atoms with Crippen LogP contribution in [0.4, 0.5) is 8.78 Å². The summed E-state index contributed by atoms with van der Waals surface area (Å²) in [6, 6.07) is 10.8. The van der Waals surface area contributed by atoms with Crippen molar-refractivity contribution in [1.82, 2.24) is 0 Å². The van der Waals surface area contributed by atoms with Gasteiger partial charge in [-0.3, -0.25) is 0 Å². The number of hydrogen-bond donors (Lipinski definition) is 0. The predicted molar refractivity (Wildman–Crippen MR) is 110 cm³/mol. The highest BCUT2D eigenvalue weighted by Gasteiger charge is 2.25. The zero-order valence-corrected chi connectivity index (χ0v) is 16.6. The third-order valence-electron chi connectivity index (χ3n) is 5.81. The molecule has 2 unspecified atom stereocenters. The first-order valence-electron chi connectivity index (χ1n) is 10.2. The maximum atomic E-state index is 14.6. The van der Waals surface area contributed by atoms with E-state index in [9.17, 15) is 8.78 Å². The third kappa shape index (κ3) is 5.28. The minimum atomic E-state index is -0.511. The first-order valence-corrected chi connectivity index (χ1v) is 10.2. The minimum Gasteiger partial charge on any atom is -0.207 e. The summed E-state index contributed by atoms with van der Waals surface area (Å²) in [5, 5.41) is 0. The third-order valence-corrected chi connectivity index (χ3v) is 5.81. The van der Waals surface area contributed by atoms with Crippen molar-refractivity contribution in [2.45, 2.75) is 52.9 Å². The van der Waals surface area contributed by atoms with Gasteiger partial charge in [0.25, 0.3) is 0 Å². The van der Waals surface area contributed by atoms with E-state index in [0.29, 0.717) is 35.3 Å². The van der Waals surface area contributed by atoms with Crippen LogP contribution < -0.4 is 0 Å². The fraction of sp³-hybridized carbons (Fsp3) is 0.440. The fourth-order valence-electron chi connectivity index (χ4n) is 4.61. The molecule has 0 aromatic heterocycles. The van der Waals surface area contributed by atoms with Crippen molar-refractivity contribution in [3.8, 4) is 0 Å². The van der Waals surface area contributed by atoms with Gasteiger partial charge in [0, 0.05) is 6.07 Å². The zero-order chi connectivity index (χ0) is 19.4. The van der Waals surface area contributed by atoms with E-state index in [1.165, 1.54) is 18.1 Å². The number of hydrogen-bond acceptors (Lipinski definition) is 0. The van der Waals surface area contributed by atoms with Crippen molar-refractivity contribution >= 4 is 12.2 Å². The quantitative estimate of drug-likeness (QED) is 0.485. The molecule has 144 valence electrons. The molecule has 27 heavy (non-hydrogen) atoms. The van der Waals surface area contributed by atoms with Gasteiger partial charge in [-0.25, -0.2) is 8.78 Å². The largest absolute Gasteiger partial charge is 0.207 e. The SMILES string of the molecule is CCc1ccc(/C=C/c2cc(F)cc(F)c2CC2CC(C)CC(C)C2)cc1. The van der Waals surface area contributed by atoms with Gasteiger partial charge in [-0.05, 0) is 78.2 Å². The summed E-state index contributed by atoms with van der Waals surface area (Å²) in [5.74, 6) is 0.904. The van der Waals surface area contributed by atoms with E-state index in [4.69, 9.17) is 0 Å². The average Bonchev–Trinajstić information content (AvgIpc) is 2.62. The standard InChI is InChI=1S/C25H30F2/c1-4-19-5-7-20(8-6-19)9-10-22-15-23(26)16-25(27)24(22)14-21-12-17(2)11-18(3)13-21/h5-10,15-18,21H,4,11-14H2,1-3H3/b10-9+. The Morgan fingerprint density at radius 2 is 1.59 bits per heavy atom. The normalized spacial score (nSPS) is 23.1. The van der Waals surface area contributed by atoms with Crippen LogP contribution in [-0.2, 0) is 12.8 Å². The molecule has 1 fully saturated rings. The highest BCUT2D eigenvalue weighted by Crippen LogP contribution is 2.36. The monoisotopic (exact) mass is 368 g/mol. The molecule has 0 aliphatic heterocycles. The molecule has 0 nitrogen and oxygen atoms in total. The van der Waals surface area contributed by atoms with Crippen molar-refractivity contribution in [2.24, 2.45) is 17.8 Å². The lowest BCUT2D eigenvalue weighted by Crippen LogP contribution is -2.21. The lowest BCUT2D eigenvalue weighted by Gasteiger charge is -2.32. The maximum absolute atomic E-state index is 14.6. The summed E-state index contributed by atoms with van der Waals surface area (Å²) in [6.45, 7) is 6.69. The molecule has 3 rings (SSSR count). The fourth-order valence-corrected chi connectivity index (χ4v) is 4.61. The number of benzene rings is 2. The van der Waals surface area contributed by atoms with Crippen LogP contribution >= 0.6 is 0 Å². The Morgan fingerprint density at radius 1 is 0.926 bits per heavy atom. The Kier molecular flexibility index (Phi) is 6.46. The Hall–Kier alpha value is -1.96. The Morgan fingerprint density at radius 3 is 2.22 bits per heavy atom. The summed E-state index contributed by atoms with van der Waals surface area (Å²) >= 11 is 0. The van der Waals surface area contributed by atoms with Gasteiger partial charge in [-0.2, -0.15) is 0 Å². The summed E-state index contributed by atoms with van der Waals surface area (Å²) < 4.78 is 28.5. The number of rotatable bonds is 5. The maximum Gasteiger partial charge on any atom is 0.129 e. The van der Waals surface area contributed by atoms with Crippen LogP contribution in [0.1, 0.15) is 62.3 Å². The first kappa shape index (κ1) is 19.8. The molecule has 0 spiro atoms. The summed E-state index contributed by atoms with van der Waals surface area (Å²) in [4.78, 5) is 0. The second kappa shape index (κ2) is 8.82. The van der Waals surface area contributed by atoms with Crippen molar-refractivity contribution in [2.75, 3.05) is 0 Å². The van der Waals surface area contributed by atoms with E-state index < -0.39 is 11.6 Å². The van der Waals surface area contributed by atoms with Gasteiger partial charge >= 0.3 is 0 Å². The van der Waals surface area contributed by atoms with Gasteiger partial charge < -0.3 is 0 Å². The Balaban J connectivity index is 1.84. The van der Waals surface area contributed by atoms with E-state index in [-0.39, 0.29) is 0 Å². The van der Waals surface area contributed by atoms with Gasteiger partial charge in [0.05, 0.1) is 0 Å². The zero-order valence-electron chi connectivity index (χ0n) is 16.6. The second-order valence-electron chi connectivity index (χ2n) is 8.37. The van der Waals surface area contributed by atoms with Crippen LogP contribution in [0.5, 0.6) is 0 Å². The van der Waals surface area contributed by atoms with Gasteiger partial charge in [0.1, 0.15) is 11.6 Å². The molecule has 2 aromatic carbocycles. The number of halogens is 2.